The maximum Gasteiger partial charge on any atom is 0.220 e. The van der Waals surface area contributed by atoms with E-state index in [2.05, 4.69) is 21.3 Å². The molecule has 1 aliphatic heterocycles. The Kier molecular flexibility index (Phi) is 7.08. The predicted octanol–water partition coefficient (Wildman–Crippen LogP) is 2.18. The van der Waals surface area contributed by atoms with E-state index in [1.54, 1.807) is 26.5 Å². The smallest absolute Gasteiger partial charge is 0.220 e. The first kappa shape index (κ1) is 19.9. The van der Waals surface area contributed by atoms with Crippen molar-refractivity contribution in [1.29, 1.82) is 0 Å². The van der Waals surface area contributed by atoms with Gasteiger partial charge in [-0.2, -0.15) is 0 Å². The van der Waals surface area contributed by atoms with Gasteiger partial charge in [0.25, 0.3) is 0 Å². The van der Waals surface area contributed by atoms with E-state index < -0.39 is 0 Å². The number of aryl methyl sites for hydroxylation is 1. The second-order valence-electron chi connectivity index (χ2n) is 6.62. The van der Waals surface area contributed by atoms with Gasteiger partial charge in [0.15, 0.2) is 0 Å². The first-order valence-electron chi connectivity index (χ1n) is 9.44. The molecule has 1 N–H and O–H groups in total. The molecule has 1 aromatic carbocycles. The van der Waals surface area contributed by atoms with Crippen molar-refractivity contribution in [1.82, 2.24) is 10.3 Å². The largest absolute Gasteiger partial charge is 0.497 e. The molecular formula is C21H27N3O4. The van der Waals surface area contributed by atoms with Crippen molar-refractivity contribution < 1.29 is 19.0 Å². The van der Waals surface area contributed by atoms with Crippen molar-refractivity contribution in [3.63, 3.8) is 0 Å². The Morgan fingerprint density at radius 3 is 2.50 bits per heavy atom. The molecule has 7 heteroatoms. The highest BCUT2D eigenvalue weighted by molar-refractivity contribution is 5.76. The fourth-order valence-corrected chi connectivity index (χ4v) is 3.10. The summed E-state index contributed by atoms with van der Waals surface area (Å²) in [5, 5.41) is 2.96. The number of hydrogen-bond donors (Lipinski definition) is 1. The molecule has 1 amide bonds. The molecule has 0 radical (unpaired) electrons. The van der Waals surface area contributed by atoms with Gasteiger partial charge in [-0.3, -0.25) is 4.79 Å². The van der Waals surface area contributed by atoms with Gasteiger partial charge in [-0.1, -0.05) is 0 Å². The Morgan fingerprint density at radius 1 is 1.11 bits per heavy atom. The molecule has 0 saturated carbocycles. The van der Waals surface area contributed by atoms with Crippen LogP contribution < -0.4 is 19.7 Å². The van der Waals surface area contributed by atoms with Crippen molar-refractivity contribution in [2.75, 3.05) is 45.4 Å². The summed E-state index contributed by atoms with van der Waals surface area (Å²) >= 11 is 0. The van der Waals surface area contributed by atoms with Gasteiger partial charge in [0.1, 0.15) is 17.3 Å². The number of morpholine rings is 1. The molecule has 7 nitrogen and oxygen atoms in total. The number of amides is 1. The number of ether oxygens (including phenoxy) is 3. The summed E-state index contributed by atoms with van der Waals surface area (Å²) in [7, 11) is 3.22. The minimum absolute atomic E-state index is 0.00604. The number of nitrogens with one attached hydrogen (secondary N) is 1. The molecule has 1 aromatic heterocycles. The molecule has 0 spiro atoms. The molecule has 2 heterocycles. The molecule has 3 rings (SSSR count). The summed E-state index contributed by atoms with van der Waals surface area (Å²) in [4.78, 5) is 18.9. The highest BCUT2D eigenvalue weighted by Crippen LogP contribution is 2.22. The third kappa shape index (κ3) is 5.60. The quantitative estimate of drug-likeness (QED) is 0.751. The van der Waals surface area contributed by atoms with Gasteiger partial charge >= 0.3 is 0 Å². The molecule has 1 saturated heterocycles. The molecule has 2 aromatic rings. The minimum atomic E-state index is 0.00604. The van der Waals surface area contributed by atoms with Gasteiger partial charge in [0.05, 0.1) is 27.4 Å². The van der Waals surface area contributed by atoms with Crippen LogP contribution in [0, 0.1) is 0 Å². The highest BCUT2D eigenvalue weighted by atomic mass is 16.5. The van der Waals surface area contributed by atoms with Crippen molar-refractivity contribution in [2.45, 2.75) is 19.4 Å². The summed E-state index contributed by atoms with van der Waals surface area (Å²) in [6, 6.07) is 9.61. The normalized spacial score (nSPS) is 13.9. The monoisotopic (exact) mass is 385 g/mol. The maximum absolute atomic E-state index is 12.3. The Bertz CT molecular complexity index is 769. The molecule has 0 atom stereocenters. The van der Waals surface area contributed by atoms with Gasteiger partial charge < -0.3 is 24.4 Å². The SMILES string of the molecule is COc1cc(CNC(=O)CCc2ccnc(N3CCOCC3)c2)cc(OC)c1. The van der Waals surface area contributed by atoms with E-state index in [4.69, 9.17) is 14.2 Å². The van der Waals surface area contributed by atoms with Crippen LogP contribution in [-0.4, -0.2) is 51.4 Å². The third-order valence-electron chi connectivity index (χ3n) is 4.69. The van der Waals surface area contributed by atoms with E-state index in [-0.39, 0.29) is 5.91 Å². The van der Waals surface area contributed by atoms with Crippen LogP contribution in [0.15, 0.2) is 36.5 Å². The van der Waals surface area contributed by atoms with Crippen molar-refractivity contribution in [3.8, 4) is 11.5 Å². The van der Waals surface area contributed by atoms with Crippen LogP contribution in [0.3, 0.4) is 0 Å². The fraction of sp³-hybridized carbons (Fsp3) is 0.429. The highest BCUT2D eigenvalue weighted by Gasteiger charge is 2.13. The lowest BCUT2D eigenvalue weighted by Crippen LogP contribution is -2.36. The van der Waals surface area contributed by atoms with Crippen LogP contribution in [0.4, 0.5) is 5.82 Å². The van der Waals surface area contributed by atoms with Gasteiger partial charge in [0.2, 0.25) is 5.91 Å². The van der Waals surface area contributed by atoms with Crippen LogP contribution in [0.2, 0.25) is 0 Å². The average Bonchev–Trinajstić information content (AvgIpc) is 2.76. The van der Waals surface area contributed by atoms with Crippen LogP contribution in [0.25, 0.3) is 0 Å². The molecule has 1 fully saturated rings. The molecule has 0 aliphatic carbocycles. The third-order valence-corrected chi connectivity index (χ3v) is 4.69. The maximum atomic E-state index is 12.3. The lowest BCUT2D eigenvalue weighted by molar-refractivity contribution is -0.121. The Morgan fingerprint density at radius 2 is 1.82 bits per heavy atom. The van der Waals surface area contributed by atoms with Gasteiger partial charge in [-0.05, 0) is 41.8 Å². The van der Waals surface area contributed by atoms with E-state index in [1.165, 1.54) is 0 Å². The number of methoxy groups -OCH3 is 2. The number of carbonyl (C=O) groups excluding carboxylic acids is 1. The summed E-state index contributed by atoms with van der Waals surface area (Å²) < 4.78 is 15.9. The van der Waals surface area contributed by atoms with E-state index >= 15 is 0 Å². The lowest BCUT2D eigenvalue weighted by Gasteiger charge is -2.28. The van der Waals surface area contributed by atoms with Gasteiger partial charge in [-0.25, -0.2) is 4.98 Å². The second-order valence-corrected chi connectivity index (χ2v) is 6.62. The number of nitrogens with zero attached hydrogens (tertiary/aromatic N) is 2. The van der Waals surface area contributed by atoms with E-state index in [0.717, 1.165) is 43.2 Å². The summed E-state index contributed by atoms with van der Waals surface area (Å²) in [6.45, 7) is 3.58. The van der Waals surface area contributed by atoms with Gasteiger partial charge in [0, 0.05) is 38.3 Å². The number of hydrogen-bond acceptors (Lipinski definition) is 6. The van der Waals surface area contributed by atoms with Crippen molar-refractivity contribution >= 4 is 11.7 Å². The Hall–Kier alpha value is -2.80. The van der Waals surface area contributed by atoms with Crippen molar-refractivity contribution in [3.05, 3.63) is 47.7 Å². The number of carbonyl (C=O) groups is 1. The second kappa shape index (κ2) is 9.94. The standard InChI is InChI=1S/C21H27N3O4/c1-26-18-11-17(12-19(14-18)27-2)15-23-21(25)4-3-16-5-6-22-20(13-16)24-7-9-28-10-8-24/h5-6,11-14H,3-4,7-10,15H2,1-2H3,(H,23,25). The lowest BCUT2D eigenvalue weighted by atomic mass is 10.1. The Labute approximate surface area is 165 Å². The van der Waals surface area contributed by atoms with Crippen LogP contribution in [0.1, 0.15) is 17.5 Å². The summed E-state index contributed by atoms with van der Waals surface area (Å²) in [5.41, 5.74) is 2.04. The number of aromatic nitrogens is 1. The fourth-order valence-electron chi connectivity index (χ4n) is 3.10. The van der Waals surface area contributed by atoms with Crippen LogP contribution >= 0.6 is 0 Å². The number of anilines is 1. The number of pyridine rings is 1. The number of rotatable bonds is 8. The molecular weight excluding hydrogens is 358 g/mol. The van der Waals surface area contributed by atoms with Gasteiger partial charge in [-0.15, -0.1) is 0 Å². The zero-order chi connectivity index (χ0) is 19.8. The predicted molar refractivity (Wildman–Crippen MR) is 107 cm³/mol. The van der Waals surface area contributed by atoms with E-state index in [1.807, 2.05) is 18.2 Å². The Balaban J connectivity index is 1.50. The topological polar surface area (TPSA) is 72.9 Å². The summed E-state index contributed by atoms with van der Waals surface area (Å²) in [6.07, 6.45) is 2.90. The van der Waals surface area contributed by atoms with E-state index in [0.29, 0.717) is 30.9 Å². The van der Waals surface area contributed by atoms with E-state index in [9.17, 15) is 4.79 Å². The molecule has 0 unspecified atom stereocenters. The van der Waals surface area contributed by atoms with Crippen molar-refractivity contribution in [2.24, 2.45) is 0 Å². The first-order chi connectivity index (χ1) is 13.7. The zero-order valence-corrected chi connectivity index (χ0v) is 16.4. The molecule has 0 bridgehead atoms. The molecule has 1 aliphatic rings. The number of benzene rings is 1. The zero-order valence-electron chi connectivity index (χ0n) is 16.4. The first-order valence-corrected chi connectivity index (χ1v) is 9.44. The van der Waals surface area contributed by atoms with Crippen LogP contribution in [0.5, 0.6) is 11.5 Å². The average molecular weight is 385 g/mol. The summed E-state index contributed by atoms with van der Waals surface area (Å²) in [5.74, 6) is 2.36. The molecule has 150 valence electrons. The molecule has 28 heavy (non-hydrogen) atoms. The minimum Gasteiger partial charge on any atom is -0.497 e. The van der Waals surface area contributed by atoms with Crippen LogP contribution in [-0.2, 0) is 22.5 Å².